The standard InChI is InChI=1S/C23H22F3N3O2S/c1-3-22(31,23(24,25)26)19-13-29(28-27-19)12-15-9-10-17-18(11-15)32-21(14(2)30)20(17)16-7-5-4-6-8-16/h4-5,7,9-11,13,31H,3,6,8,12H2,1-2H3. The smallest absolute Gasteiger partial charge is 0.375 e. The van der Waals surface area contributed by atoms with Crippen molar-refractivity contribution in [3.05, 3.63) is 64.3 Å². The summed E-state index contributed by atoms with van der Waals surface area (Å²) in [6.07, 6.45) is 3.65. The number of aromatic nitrogens is 3. The summed E-state index contributed by atoms with van der Waals surface area (Å²) in [5.41, 5.74) is -0.654. The lowest BCUT2D eigenvalue weighted by molar-refractivity contribution is -0.269. The molecule has 0 spiro atoms. The predicted octanol–water partition coefficient (Wildman–Crippen LogP) is 5.64. The summed E-state index contributed by atoms with van der Waals surface area (Å²) in [7, 11) is 0. The Balaban J connectivity index is 1.68. The van der Waals surface area contributed by atoms with Gasteiger partial charge >= 0.3 is 6.18 Å². The van der Waals surface area contributed by atoms with Crippen LogP contribution in [-0.2, 0) is 12.1 Å². The number of carbonyl (C=O) groups excluding carboxylic acids is 1. The number of halogens is 3. The van der Waals surface area contributed by atoms with Crippen molar-refractivity contribution in [2.45, 2.75) is 51.4 Å². The molecule has 1 aromatic carbocycles. The van der Waals surface area contributed by atoms with Crippen molar-refractivity contribution in [2.24, 2.45) is 0 Å². The number of thiophene rings is 1. The number of aliphatic hydroxyl groups is 1. The molecule has 2 heterocycles. The number of rotatable bonds is 6. The maximum Gasteiger partial charge on any atom is 0.423 e. The largest absolute Gasteiger partial charge is 0.423 e. The van der Waals surface area contributed by atoms with Crippen LogP contribution >= 0.6 is 11.3 Å². The molecule has 4 rings (SSSR count). The maximum atomic E-state index is 13.3. The van der Waals surface area contributed by atoms with Crippen LogP contribution in [-0.4, -0.2) is 32.1 Å². The summed E-state index contributed by atoms with van der Waals surface area (Å²) in [6.45, 7) is 2.99. The molecular weight excluding hydrogens is 439 g/mol. The molecular formula is C23H22F3N3O2S. The predicted molar refractivity (Wildman–Crippen MR) is 118 cm³/mol. The number of allylic oxidation sites excluding steroid dienone is 4. The van der Waals surface area contributed by atoms with Crippen molar-refractivity contribution in [2.75, 3.05) is 0 Å². The molecule has 0 saturated heterocycles. The molecule has 0 aliphatic heterocycles. The number of nitrogens with zero attached hydrogens (tertiary/aromatic N) is 3. The summed E-state index contributed by atoms with van der Waals surface area (Å²) in [6, 6.07) is 5.74. The first kappa shape index (κ1) is 22.4. The van der Waals surface area contributed by atoms with Gasteiger partial charge in [-0.1, -0.05) is 42.5 Å². The number of hydrogen-bond donors (Lipinski definition) is 1. The van der Waals surface area contributed by atoms with E-state index < -0.39 is 23.9 Å². The fourth-order valence-electron chi connectivity index (χ4n) is 3.90. The lowest BCUT2D eigenvalue weighted by Crippen LogP contribution is -2.42. The monoisotopic (exact) mass is 461 g/mol. The Morgan fingerprint density at radius 2 is 2.09 bits per heavy atom. The number of fused-ring (bicyclic) bond motifs is 1. The van der Waals surface area contributed by atoms with Crippen LogP contribution in [0, 0.1) is 0 Å². The zero-order valence-electron chi connectivity index (χ0n) is 17.6. The zero-order valence-corrected chi connectivity index (χ0v) is 18.4. The van der Waals surface area contributed by atoms with E-state index in [4.69, 9.17) is 0 Å². The van der Waals surface area contributed by atoms with Crippen LogP contribution in [0.25, 0.3) is 15.7 Å². The molecule has 1 unspecified atom stereocenters. The van der Waals surface area contributed by atoms with E-state index in [-0.39, 0.29) is 12.3 Å². The molecule has 5 nitrogen and oxygen atoms in total. The first-order valence-corrected chi connectivity index (χ1v) is 11.1. The van der Waals surface area contributed by atoms with Crippen LogP contribution in [0.3, 0.4) is 0 Å². The molecule has 1 N–H and O–H groups in total. The third-order valence-electron chi connectivity index (χ3n) is 5.70. The van der Waals surface area contributed by atoms with Crippen molar-refractivity contribution < 1.29 is 23.1 Å². The molecule has 1 atom stereocenters. The second-order valence-electron chi connectivity index (χ2n) is 7.86. The molecule has 168 valence electrons. The Morgan fingerprint density at radius 1 is 1.31 bits per heavy atom. The van der Waals surface area contributed by atoms with Gasteiger partial charge < -0.3 is 5.11 Å². The van der Waals surface area contributed by atoms with Crippen LogP contribution in [0.2, 0.25) is 0 Å². The highest BCUT2D eigenvalue weighted by Crippen LogP contribution is 2.41. The van der Waals surface area contributed by atoms with E-state index in [1.54, 1.807) is 6.92 Å². The molecule has 0 saturated carbocycles. The van der Waals surface area contributed by atoms with E-state index >= 15 is 0 Å². The Labute approximate surface area is 186 Å². The number of benzene rings is 1. The van der Waals surface area contributed by atoms with Gasteiger partial charge in [0.25, 0.3) is 0 Å². The highest BCUT2D eigenvalue weighted by Gasteiger charge is 2.55. The van der Waals surface area contributed by atoms with Crippen molar-refractivity contribution in [1.82, 2.24) is 15.0 Å². The average molecular weight is 462 g/mol. The number of hydrogen-bond acceptors (Lipinski definition) is 5. The molecule has 0 bridgehead atoms. The van der Waals surface area contributed by atoms with Gasteiger partial charge in [0.1, 0.15) is 5.69 Å². The SMILES string of the molecule is CCC(O)(c1cn(Cc2ccc3c(C4=CC=CCC4)c(C(C)=O)sc3c2)nn1)C(F)(F)F. The minimum absolute atomic E-state index is 0.00474. The number of ketones is 1. The highest BCUT2D eigenvalue weighted by atomic mass is 32.1. The number of alkyl halides is 3. The fraction of sp³-hybridized carbons (Fsp3) is 0.348. The van der Waals surface area contributed by atoms with Gasteiger partial charge in [0.15, 0.2) is 5.78 Å². The average Bonchev–Trinajstić information content (AvgIpc) is 3.37. The molecule has 1 aliphatic carbocycles. The van der Waals surface area contributed by atoms with E-state index in [1.807, 2.05) is 30.4 Å². The zero-order chi connectivity index (χ0) is 23.1. The van der Waals surface area contributed by atoms with Crippen molar-refractivity contribution >= 4 is 32.8 Å². The normalized spacial score (nSPS) is 16.2. The van der Waals surface area contributed by atoms with Gasteiger partial charge in [-0.2, -0.15) is 13.2 Å². The Morgan fingerprint density at radius 3 is 2.72 bits per heavy atom. The summed E-state index contributed by atoms with van der Waals surface area (Å²) >= 11 is 1.42. The molecule has 0 fully saturated rings. The van der Waals surface area contributed by atoms with E-state index in [1.165, 1.54) is 22.9 Å². The molecule has 2 aromatic heterocycles. The molecule has 1 aliphatic rings. The van der Waals surface area contributed by atoms with E-state index in [0.717, 1.165) is 45.8 Å². The molecule has 0 radical (unpaired) electrons. The Kier molecular flexibility index (Phi) is 5.81. The summed E-state index contributed by atoms with van der Waals surface area (Å²) in [5, 5.41) is 18.4. The number of Topliss-reactive ketones (excluding diaryl/α,β-unsaturated/α-hetero) is 1. The third kappa shape index (κ3) is 3.91. The van der Waals surface area contributed by atoms with E-state index in [2.05, 4.69) is 16.4 Å². The van der Waals surface area contributed by atoms with Crippen LogP contribution in [0.5, 0.6) is 0 Å². The second kappa shape index (κ2) is 8.29. The number of carbonyl (C=O) groups is 1. The molecule has 32 heavy (non-hydrogen) atoms. The Bertz CT molecular complexity index is 1240. The van der Waals surface area contributed by atoms with E-state index in [0.29, 0.717) is 4.88 Å². The lowest BCUT2D eigenvalue weighted by atomic mass is 9.94. The van der Waals surface area contributed by atoms with Gasteiger partial charge in [-0.3, -0.25) is 4.79 Å². The lowest BCUT2D eigenvalue weighted by Gasteiger charge is -2.26. The van der Waals surface area contributed by atoms with Crippen molar-refractivity contribution in [1.29, 1.82) is 0 Å². The van der Waals surface area contributed by atoms with Gasteiger partial charge in [0, 0.05) is 15.6 Å². The minimum Gasteiger partial charge on any atom is -0.375 e. The minimum atomic E-state index is -4.85. The first-order valence-electron chi connectivity index (χ1n) is 10.3. The summed E-state index contributed by atoms with van der Waals surface area (Å²) < 4.78 is 42.1. The van der Waals surface area contributed by atoms with Gasteiger partial charge in [-0.05, 0) is 43.4 Å². The fourth-order valence-corrected chi connectivity index (χ4v) is 5.09. The quantitative estimate of drug-likeness (QED) is 0.483. The topological polar surface area (TPSA) is 68.0 Å². The van der Waals surface area contributed by atoms with E-state index in [9.17, 15) is 23.1 Å². The first-order chi connectivity index (χ1) is 15.1. The van der Waals surface area contributed by atoms with Crippen molar-refractivity contribution in [3.8, 4) is 0 Å². The summed E-state index contributed by atoms with van der Waals surface area (Å²) in [5.74, 6) is 0.00474. The van der Waals surface area contributed by atoms with Gasteiger partial charge in [-0.25, -0.2) is 4.68 Å². The van der Waals surface area contributed by atoms with Gasteiger partial charge in [0.05, 0.1) is 17.6 Å². The second-order valence-corrected chi connectivity index (χ2v) is 8.92. The van der Waals surface area contributed by atoms with Gasteiger partial charge in [0.2, 0.25) is 5.60 Å². The Hall–Kier alpha value is -2.78. The highest BCUT2D eigenvalue weighted by molar-refractivity contribution is 7.21. The molecule has 9 heteroatoms. The summed E-state index contributed by atoms with van der Waals surface area (Å²) in [4.78, 5) is 13.0. The van der Waals surface area contributed by atoms with Crippen LogP contribution in [0.4, 0.5) is 13.2 Å². The maximum absolute atomic E-state index is 13.3. The van der Waals surface area contributed by atoms with Crippen LogP contribution < -0.4 is 0 Å². The van der Waals surface area contributed by atoms with Crippen molar-refractivity contribution in [3.63, 3.8) is 0 Å². The third-order valence-corrected chi connectivity index (χ3v) is 6.95. The van der Waals surface area contributed by atoms with Crippen LogP contribution in [0.1, 0.15) is 59.6 Å². The van der Waals surface area contributed by atoms with Crippen LogP contribution in [0.15, 0.2) is 42.6 Å². The van der Waals surface area contributed by atoms with Gasteiger partial charge in [-0.15, -0.1) is 16.4 Å². The molecule has 3 aromatic rings. The molecule has 0 amide bonds.